The van der Waals surface area contributed by atoms with Crippen LogP contribution in [0, 0.1) is 5.92 Å². The SMILES string of the molecule is CC(C)Cc1ccc(CN2CCCC(NC(=O)c3ccc(N4CCN(C)CC4)cc3)C2)cc1. The molecule has 5 nitrogen and oxygen atoms in total. The number of rotatable bonds is 7. The van der Waals surface area contributed by atoms with Gasteiger partial charge in [-0.25, -0.2) is 0 Å². The summed E-state index contributed by atoms with van der Waals surface area (Å²) in [5.41, 5.74) is 4.73. The molecular weight excluding hydrogens is 408 g/mol. The first-order valence-electron chi connectivity index (χ1n) is 12.6. The van der Waals surface area contributed by atoms with Crippen molar-refractivity contribution in [1.82, 2.24) is 15.1 Å². The zero-order valence-electron chi connectivity index (χ0n) is 20.6. The molecule has 33 heavy (non-hydrogen) atoms. The molecule has 178 valence electrons. The van der Waals surface area contributed by atoms with Crippen LogP contribution in [0.4, 0.5) is 5.69 Å². The molecule has 0 aromatic heterocycles. The highest BCUT2D eigenvalue weighted by atomic mass is 16.1. The number of hydrogen-bond donors (Lipinski definition) is 1. The summed E-state index contributed by atoms with van der Waals surface area (Å²) in [5, 5.41) is 3.29. The topological polar surface area (TPSA) is 38.8 Å². The molecule has 0 aliphatic carbocycles. The number of piperidine rings is 1. The van der Waals surface area contributed by atoms with E-state index in [0.717, 1.165) is 70.6 Å². The van der Waals surface area contributed by atoms with Gasteiger partial charge in [0.2, 0.25) is 0 Å². The summed E-state index contributed by atoms with van der Waals surface area (Å²) < 4.78 is 0. The highest BCUT2D eigenvalue weighted by Crippen LogP contribution is 2.19. The van der Waals surface area contributed by atoms with E-state index in [2.05, 4.69) is 77.3 Å². The molecule has 0 spiro atoms. The lowest BCUT2D eigenvalue weighted by Gasteiger charge is -2.34. The van der Waals surface area contributed by atoms with E-state index < -0.39 is 0 Å². The third-order valence-corrected chi connectivity index (χ3v) is 6.91. The number of likely N-dealkylation sites (tertiary alicyclic amines) is 1. The van der Waals surface area contributed by atoms with Gasteiger partial charge in [0.15, 0.2) is 0 Å². The second-order valence-electron chi connectivity index (χ2n) is 10.3. The molecule has 2 saturated heterocycles. The Balaban J connectivity index is 1.27. The maximum atomic E-state index is 12.9. The van der Waals surface area contributed by atoms with Gasteiger partial charge in [0.1, 0.15) is 0 Å². The van der Waals surface area contributed by atoms with Crippen LogP contribution < -0.4 is 10.2 Å². The molecule has 2 aliphatic rings. The van der Waals surface area contributed by atoms with Gasteiger partial charge in [-0.2, -0.15) is 0 Å². The molecule has 1 N–H and O–H groups in total. The molecule has 2 aromatic carbocycles. The average molecular weight is 449 g/mol. The zero-order chi connectivity index (χ0) is 23.2. The molecule has 1 amide bonds. The third kappa shape index (κ3) is 6.81. The Morgan fingerprint density at radius 2 is 1.61 bits per heavy atom. The van der Waals surface area contributed by atoms with Crippen molar-refractivity contribution < 1.29 is 4.79 Å². The number of carbonyl (C=O) groups is 1. The molecule has 0 bridgehead atoms. The van der Waals surface area contributed by atoms with Crippen LogP contribution in [0.1, 0.15) is 48.2 Å². The van der Waals surface area contributed by atoms with Crippen molar-refractivity contribution in [2.45, 2.75) is 45.7 Å². The van der Waals surface area contributed by atoms with Crippen LogP contribution in [-0.4, -0.2) is 68.1 Å². The minimum absolute atomic E-state index is 0.0461. The number of amides is 1. The highest BCUT2D eigenvalue weighted by Gasteiger charge is 2.22. The first kappa shape index (κ1) is 23.8. The van der Waals surface area contributed by atoms with Crippen molar-refractivity contribution in [2.24, 2.45) is 5.92 Å². The quantitative estimate of drug-likeness (QED) is 0.694. The van der Waals surface area contributed by atoms with Crippen molar-refractivity contribution in [1.29, 1.82) is 0 Å². The number of nitrogens with zero attached hydrogens (tertiary/aromatic N) is 3. The van der Waals surface area contributed by atoms with Crippen molar-refractivity contribution in [2.75, 3.05) is 51.2 Å². The molecule has 2 aliphatic heterocycles. The first-order valence-corrected chi connectivity index (χ1v) is 12.6. The fourth-order valence-electron chi connectivity index (χ4n) is 4.98. The van der Waals surface area contributed by atoms with E-state index in [-0.39, 0.29) is 11.9 Å². The summed E-state index contributed by atoms with van der Waals surface area (Å²) in [6.45, 7) is 11.7. The summed E-state index contributed by atoms with van der Waals surface area (Å²) in [7, 11) is 2.17. The lowest BCUT2D eigenvalue weighted by Crippen LogP contribution is -2.47. The summed E-state index contributed by atoms with van der Waals surface area (Å²) in [4.78, 5) is 20.1. The Morgan fingerprint density at radius 1 is 0.939 bits per heavy atom. The largest absolute Gasteiger partial charge is 0.369 e. The molecule has 1 unspecified atom stereocenters. The number of likely N-dealkylation sites (N-methyl/N-ethyl adjacent to an activating group) is 1. The van der Waals surface area contributed by atoms with E-state index in [1.807, 2.05) is 12.1 Å². The van der Waals surface area contributed by atoms with E-state index in [9.17, 15) is 4.79 Å². The summed E-state index contributed by atoms with van der Waals surface area (Å²) in [6, 6.07) is 17.4. The van der Waals surface area contributed by atoms with Gasteiger partial charge in [-0.1, -0.05) is 38.1 Å². The predicted molar refractivity (Wildman–Crippen MR) is 137 cm³/mol. The van der Waals surface area contributed by atoms with Gasteiger partial charge in [-0.3, -0.25) is 9.69 Å². The van der Waals surface area contributed by atoms with Crippen molar-refractivity contribution in [3.63, 3.8) is 0 Å². The van der Waals surface area contributed by atoms with E-state index >= 15 is 0 Å². The summed E-state index contributed by atoms with van der Waals surface area (Å²) in [5.74, 6) is 0.732. The normalized spacial score (nSPS) is 20.2. The Morgan fingerprint density at radius 3 is 2.27 bits per heavy atom. The molecular formula is C28H40N4O. The third-order valence-electron chi connectivity index (χ3n) is 6.91. The number of anilines is 1. The van der Waals surface area contributed by atoms with E-state index in [1.165, 1.54) is 16.8 Å². The summed E-state index contributed by atoms with van der Waals surface area (Å²) >= 11 is 0. The highest BCUT2D eigenvalue weighted by molar-refractivity contribution is 5.94. The van der Waals surface area contributed by atoms with E-state index in [1.54, 1.807) is 0 Å². The van der Waals surface area contributed by atoms with Crippen molar-refractivity contribution >= 4 is 11.6 Å². The van der Waals surface area contributed by atoms with Gasteiger partial charge in [0.25, 0.3) is 5.91 Å². The van der Waals surface area contributed by atoms with Crippen molar-refractivity contribution in [3.05, 3.63) is 65.2 Å². The number of nitrogens with one attached hydrogen (secondary N) is 1. The molecule has 5 heteroatoms. The molecule has 2 fully saturated rings. The Kier molecular flexibility index (Phi) is 8.05. The van der Waals surface area contributed by atoms with Gasteiger partial charge in [-0.15, -0.1) is 0 Å². The average Bonchev–Trinajstić information content (AvgIpc) is 2.81. The molecule has 4 rings (SSSR count). The Hall–Kier alpha value is -2.37. The second kappa shape index (κ2) is 11.2. The fourth-order valence-corrected chi connectivity index (χ4v) is 4.98. The van der Waals surface area contributed by atoms with Crippen LogP contribution in [0.5, 0.6) is 0 Å². The standard InChI is InChI=1S/C28H40N4O/c1-22(2)19-23-6-8-24(9-7-23)20-31-14-4-5-26(21-31)29-28(33)25-10-12-27(13-11-25)32-17-15-30(3)16-18-32/h6-13,22,26H,4-5,14-21H2,1-3H3,(H,29,33). The molecule has 1 atom stereocenters. The maximum Gasteiger partial charge on any atom is 0.251 e. The monoisotopic (exact) mass is 448 g/mol. The minimum atomic E-state index is 0.0461. The lowest BCUT2D eigenvalue weighted by molar-refractivity contribution is 0.0901. The molecule has 0 radical (unpaired) electrons. The predicted octanol–water partition coefficient (Wildman–Crippen LogP) is 4.03. The number of hydrogen-bond acceptors (Lipinski definition) is 4. The minimum Gasteiger partial charge on any atom is -0.369 e. The van der Waals surface area contributed by atoms with Gasteiger partial charge in [-0.05, 0) is 74.2 Å². The van der Waals surface area contributed by atoms with Crippen molar-refractivity contribution in [3.8, 4) is 0 Å². The van der Waals surface area contributed by atoms with Gasteiger partial charge < -0.3 is 15.1 Å². The summed E-state index contributed by atoms with van der Waals surface area (Å²) in [6.07, 6.45) is 3.31. The zero-order valence-corrected chi connectivity index (χ0v) is 20.6. The van der Waals surface area contributed by atoms with Crippen LogP contribution in [-0.2, 0) is 13.0 Å². The van der Waals surface area contributed by atoms with Crippen LogP contribution in [0.2, 0.25) is 0 Å². The fraction of sp³-hybridized carbons (Fsp3) is 0.536. The van der Waals surface area contributed by atoms with Crippen LogP contribution >= 0.6 is 0 Å². The van der Waals surface area contributed by atoms with Crippen LogP contribution in [0.25, 0.3) is 0 Å². The van der Waals surface area contributed by atoms with Crippen LogP contribution in [0.3, 0.4) is 0 Å². The van der Waals surface area contributed by atoms with Gasteiger partial charge in [0, 0.05) is 56.6 Å². The smallest absolute Gasteiger partial charge is 0.251 e. The van der Waals surface area contributed by atoms with Crippen LogP contribution in [0.15, 0.2) is 48.5 Å². The molecule has 2 heterocycles. The molecule has 2 aromatic rings. The number of carbonyl (C=O) groups excluding carboxylic acids is 1. The van der Waals surface area contributed by atoms with Gasteiger partial charge >= 0.3 is 0 Å². The first-order chi connectivity index (χ1) is 16.0. The van der Waals surface area contributed by atoms with E-state index in [0.29, 0.717) is 5.92 Å². The lowest BCUT2D eigenvalue weighted by atomic mass is 10.0. The number of piperazine rings is 1. The molecule has 0 saturated carbocycles. The van der Waals surface area contributed by atoms with Gasteiger partial charge in [0.05, 0.1) is 0 Å². The Bertz CT molecular complexity index is 885. The maximum absolute atomic E-state index is 12.9. The number of benzene rings is 2. The van der Waals surface area contributed by atoms with E-state index in [4.69, 9.17) is 0 Å². The Labute approximate surface area is 199 Å². The second-order valence-corrected chi connectivity index (χ2v) is 10.3.